The Balaban J connectivity index is 1.46. The molecule has 2 N–H and O–H groups in total. The molecule has 1 saturated heterocycles. The normalized spacial score (nSPS) is 27.8. The molecule has 2 aliphatic rings. The molecule has 1 aromatic heterocycles. The van der Waals surface area contributed by atoms with E-state index in [9.17, 15) is 22.0 Å². The number of hydrogen-bond donors (Lipinski definition) is 2. The first-order chi connectivity index (χ1) is 16.1. The monoisotopic (exact) mass is 495 g/mol. The molecule has 34 heavy (non-hydrogen) atoms. The molecule has 4 rings (SSSR count). The highest BCUT2D eigenvalue weighted by Gasteiger charge is 2.42. The standard InChI is InChI=1S/C24H31F2N3O4S/c1-15-12-20(28-34(2,31)32)21(29(15)24-23(26)22(30)10-11-27-24)14-33-19-8-6-16(7-9-19)17-4-3-5-18(25)13-17/h3-5,10-11,13,15-16,19-21,28H,6-9,12,14H2,1-2H3,(H,27,30)/t15?,16-,19+,20-,21-/m0/s1. The first-order valence-electron chi connectivity index (χ1n) is 11.6. The summed E-state index contributed by atoms with van der Waals surface area (Å²) in [6.07, 6.45) is 6.22. The summed E-state index contributed by atoms with van der Waals surface area (Å²) in [4.78, 5) is 16.4. The molecule has 2 aromatic rings. The Labute approximate surface area is 198 Å². The van der Waals surface area contributed by atoms with Gasteiger partial charge in [-0.3, -0.25) is 4.79 Å². The summed E-state index contributed by atoms with van der Waals surface area (Å²) in [5, 5.41) is 0. The predicted molar refractivity (Wildman–Crippen MR) is 126 cm³/mol. The van der Waals surface area contributed by atoms with Crippen LogP contribution in [0.2, 0.25) is 0 Å². The number of nitrogens with one attached hydrogen (secondary N) is 2. The third-order valence-electron chi connectivity index (χ3n) is 6.89. The van der Waals surface area contributed by atoms with E-state index >= 15 is 0 Å². The van der Waals surface area contributed by atoms with Crippen LogP contribution < -0.4 is 15.1 Å². The van der Waals surface area contributed by atoms with Gasteiger partial charge in [0.2, 0.25) is 21.3 Å². The molecule has 0 spiro atoms. The predicted octanol–water partition coefficient (Wildman–Crippen LogP) is 3.28. The van der Waals surface area contributed by atoms with E-state index in [2.05, 4.69) is 9.71 Å². The maximum atomic E-state index is 14.7. The number of benzene rings is 1. The van der Waals surface area contributed by atoms with E-state index in [-0.39, 0.29) is 36.3 Å². The lowest BCUT2D eigenvalue weighted by atomic mass is 9.82. The van der Waals surface area contributed by atoms with Gasteiger partial charge in [-0.25, -0.2) is 17.5 Å². The van der Waals surface area contributed by atoms with Gasteiger partial charge in [0.15, 0.2) is 0 Å². The maximum absolute atomic E-state index is 14.7. The summed E-state index contributed by atoms with van der Waals surface area (Å²) < 4.78 is 61.1. The highest BCUT2D eigenvalue weighted by molar-refractivity contribution is 7.88. The van der Waals surface area contributed by atoms with E-state index in [1.807, 2.05) is 13.0 Å². The lowest BCUT2D eigenvalue weighted by Crippen LogP contribution is -2.49. The first kappa shape index (κ1) is 24.8. The molecule has 186 valence electrons. The number of anilines is 1. The second-order valence-corrected chi connectivity index (χ2v) is 11.2. The molecule has 1 unspecified atom stereocenters. The molecule has 1 aliphatic carbocycles. The van der Waals surface area contributed by atoms with Gasteiger partial charge >= 0.3 is 0 Å². The quantitative estimate of drug-likeness (QED) is 0.615. The Morgan fingerprint density at radius 2 is 1.91 bits per heavy atom. The highest BCUT2D eigenvalue weighted by Crippen LogP contribution is 2.36. The Hall–Kier alpha value is -2.30. The third-order valence-corrected chi connectivity index (χ3v) is 7.62. The van der Waals surface area contributed by atoms with Crippen molar-refractivity contribution in [3.63, 3.8) is 0 Å². The number of H-pyrrole nitrogens is 1. The average Bonchev–Trinajstić information content (AvgIpc) is 3.07. The Kier molecular flexibility index (Phi) is 7.39. The van der Waals surface area contributed by atoms with E-state index < -0.39 is 33.4 Å². The number of nitrogens with zero attached hydrogens (tertiary/aromatic N) is 1. The SMILES string of the molecule is CC1C[C@H](NS(C)(=O)=O)[C@H](CO[C@H]2CC[C@@H](c3cccc(F)c3)CC2)N1c1[nH]ccc(=O)c1F. The van der Waals surface area contributed by atoms with Gasteiger partial charge in [0.05, 0.1) is 25.0 Å². The van der Waals surface area contributed by atoms with Gasteiger partial charge < -0.3 is 14.6 Å². The molecule has 1 aliphatic heterocycles. The number of aromatic amines is 1. The van der Waals surface area contributed by atoms with Crippen LogP contribution in [0.4, 0.5) is 14.6 Å². The van der Waals surface area contributed by atoms with Crippen LogP contribution in [0.5, 0.6) is 0 Å². The molecule has 10 heteroatoms. The zero-order valence-electron chi connectivity index (χ0n) is 19.3. The van der Waals surface area contributed by atoms with E-state index in [0.29, 0.717) is 6.42 Å². The van der Waals surface area contributed by atoms with E-state index in [1.54, 1.807) is 17.0 Å². The van der Waals surface area contributed by atoms with E-state index in [0.717, 1.165) is 43.6 Å². The first-order valence-corrected chi connectivity index (χ1v) is 13.5. The second-order valence-electron chi connectivity index (χ2n) is 9.42. The molecular weight excluding hydrogens is 464 g/mol. The van der Waals surface area contributed by atoms with Crippen molar-refractivity contribution in [1.29, 1.82) is 0 Å². The summed E-state index contributed by atoms with van der Waals surface area (Å²) >= 11 is 0. The van der Waals surface area contributed by atoms with Crippen molar-refractivity contribution < 1.29 is 21.9 Å². The number of rotatable bonds is 7. The van der Waals surface area contributed by atoms with Gasteiger partial charge in [-0.05, 0) is 62.6 Å². The van der Waals surface area contributed by atoms with E-state index in [4.69, 9.17) is 4.74 Å². The fourth-order valence-electron chi connectivity index (χ4n) is 5.34. The number of sulfonamides is 1. The molecule has 1 saturated carbocycles. The second kappa shape index (κ2) is 10.1. The molecular formula is C24H31F2N3O4S. The Morgan fingerprint density at radius 1 is 1.18 bits per heavy atom. The smallest absolute Gasteiger partial charge is 0.219 e. The van der Waals surface area contributed by atoms with Gasteiger partial charge in [0.1, 0.15) is 11.6 Å². The number of hydrogen-bond acceptors (Lipinski definition) is 5. The van der Waals surface area contributed by atoms with Gasteiger partial charge in [0, 0.05) is 24.3 Å². The summed E-state index contributed by atoms with van der Waals surface area (Å²) in [5.41, 5.74) is 0.269. The fourth-order valence-corrected chi connectivity index (χ4v) is 6.14. The van der Waals surface area contributed by atoms with Crippen molar-refractivity contribution in [2.75, 3.05) is 17.8 Å². The molecule has 0 amide bonds. The zero-order valence-corrected chi connectivity index (χ0v) is 20.2. The highest BCUT2D eigenvalue weighted by atomic mass is 32.2. The lowest BCUT2D eigenvalue weighted by molar-refractivity contribution is 0.0154. The number of aromatic nitrogens is 1. The summed E-state index contributed by atoms with van der Waals surface area (Å²) in [7, 11) is -3.50. The van der Waals surface area contributed by atoms with Crippen molar-refractivity contribution in [3.8, 4) is 0 Å². The van der Waals surface area contributed by atoms with Crippen molar-refractivity contribution >= 4 is 15.8 Å². The minimum absolute atomic E-state index is 0.0267. The number of pyridine rings is 1. The van der Waals surface area contributed by atoms with Crippen LogP contribution >= 0.6 is 0 Å². The number of halogens is 2. The van der Waals surface area contributed by atoms with Crippen molar-refractivity contribution in [2.24, 2.45) is 0 Å². The maximum Gasteiger partial charge on any atom is 0.219 e. The van der Waals surface area contributed by atoms with Crippen molar-refractivity contribution in [2.45, 2.75) is 69.2 Å². The molecule has 2 fully saturated rings. The Bertz CT molecular complexity index is 1160. The van der Waals surface area contributed by atoms with Gasteiger partial charge in [-0.2, -0.15) is 4.39 Å². The lowest BCUT2D eigenvalue weighted by Gasteiger charge is -2.34. The molecule has 7 nitrogen and oxygen atoms in total. The summed E-state index contributed by atoms with van der Waals surface area (Å²) in [6, 6.07) is 6.62. The van der Waals surface area contributed by atoms with Crippen LogP contribution in [0.1, 0.15) is 50.5 Å². The third kappa shape index (κ3) is 5.67. The molecule has 0 bridgehead atoms. The average molecular weight is 496 g/mol. The van der Waals surface area contributed by atoms with E-state index in [1.165, 1.54) is 12.3 Å². The Morgan fingerprint density at radius 3 is 2.59 bits per heavy atom. The van der Waals surface area contributed by atoms with Crippen LogP contribution in [0, 0.1) is 11.6 Å². The van der Waals surface area contributed by atoms with Crippen LogP contribution in [-0.4, -0.2) is 50.5 Å². The van der Waals surface area contributed by atoms with Gasteiger partial charge in [0.25, 0.3) is 0 Å². The largest absolute Gasteiger partial charge is 0.376 e. The van der Waals surface area contributed by atoms with Gasteiger partial charge in [-0.1, -0.05) is 12.1 Å². The summed E-state index contributed by atoms with van der Waals surface area (Å²) in [5.74, 6) is -0.806. The van der Waals surface area contributed by atoms with Gasteiger partial charge in [-0.15, -0.1) is 0 Å². The topological polar surface area (TPSA) is 91.5 Å². The van der Waals surface area contributed by atoms with Crippen molar-refractivity contribution in [3.05, 3.63) is 63.9 Å². The van der Waals surface area contributed by atoms with Crippen LogP contribution in [-0.2, 0) is 14.8 Å². The van der Waals surface area contributed by atoms with Crippen molar-refractivity contribution in [1.82, 2.24) is 9.71 Å². The molecule has 2 heterocycles. The van der Waals surface area contributed by atoms with Crippen LogP contribution in [0.25, 0.3) is 0 Å². The van der Waals surface area contributed by atoms with Crippen LogP contribution in [0.3, 0.4) is 0 Å². The summed E-state index contributed by atoms with van der Waals surface area (Å²) in [6.45, 7) is 2.05. The molecule has 3 atom stereocenters. The fraction of sp³-hybridized carbons (Fsp3) is 0.542. The molecule has 0 radical (unpaired) electrons. The minimum Gasteiger partial charge on any atom is -0.376 e. The zero-order chi connectivity index (χ0) is 24.5. The minimum atomic E-state index is -3.50. The number of ether oxygens (including phenoxy) is 1. The van der Waals surface area contributed by atoms with Crippen LogP contribution in [0.15, 0.2) is 41.3 Å². The molecule has 1 aromatic carbocycles.